The molecular formula is C9H12BrN3O. The molecule has 0 bridgehead atoms. The molecule has 0 amide bonds. The zero-order chi connectivity index (χ0) is 10.6. The van der Waals surface area contributed by atoms with E-state index in [2.05, 4.69) is 26.3 Å². The second-order valence-corrected chi connectivity index (χ2v) is 3.42. The van der Waals surface area contributed by atoms with E-state index in [1.54, 1.807) is 14.2 Å². The fraction of sp³-hybridized carbons (Fsp3) is 0.222. The van der Waals surface area contributed by atoms with E-state index >= 15 is 0 Å². The first-order valence-corrected chi connectivity index (χ1v) is 4.79. The number of rotatable bonds is 2. The molecule has 3 N–H and O–H groups in total. The maximum absolute atomic E-state index is 5.31. The predicted octanol–water partition coefficient (Wildman–Crippen LogP) is 1.30. The fourth-order valence-electron chi connectivity index (χ4n) is 1.09. The lowest BCUT2D eigenvalue weighted by Crippen LogP contribution is -2.30. The number of hydrazine groups is 1. The molecule has 14 heavy (non-hydrogen) atoms. The van der Waals surface area contributed by atoms with Crippen molar-refractivity contribution < 1.29 is 4.74 Å². The van der Waals surface area contributed by atoms with Gasteiger partial charge in [-0.15, -0.1) is 0 Å². The molecule has 1 aromatic rings. The van der Waals surface area contributed by atoms with Gasteiger partial charge in [-0.25, -0.2) is 5.84 Å². The van der Waals surface area contributed by atoms with E-state index < -0.39 is 0 Å². The zero-order valence-corrected chi connectivity index (χ0v) is 9.63. The maximum atomic E-state index is 5.31. The van der Waals surface area contributed by atoms with Gasteiger partial charge in [-0.05, 0) is 34.1 Å². The average molecular weight is 258 g/mol. The van der Waals surface area contributed by atoms with Gasteiger partial charge in [0, 0.05) is 12.6 Å². The Morgan fingerprint density at radius 3 is 2.71 bits per heavy atom. The Bertz CT molecular complexity index is 352. The van der Waals surface area contributed by atoms with Gasteiger partial charge in [0.1, 0.15) is 11.6 Å². The van der Waals surface area contributed by atoms with Gasteiger partial charge in [0.05, 0.1) is 11.6 Å². The molecule has 0 aliphatic rings. The highest BCUT2D eigenvalue weighted by Gasteiger charge is 2.04. The van der Waals surface area contributed by atoms with Crippen molar-refractivity contribution in [3.63, 3.8) is 0 Å². The summed E-state index contributed by atoms with van der Waals surface area (Å²) >= 11 is 3.39. The highest BCUT2D eigenvalue weighted by atomic mass is 79.9. The van der Waals surface area contributed by atoms with E-state index in [0.29, 0.717) is 5.84 Å². The van der Waals surface area contributed by atoms with Crippen LogP contribution < -0.4 is 16.0 Å². The molecule has 0 aromatic heterocycles. The summed E-state index contributed by atoms with van der Waals surface area (Å²) in [5.41, 5.74) is 3.43. The van der Waals surface area contributed by atoms with Crippen molar-refractivity contribution in [3.05, 3.63) is 28.2 Å². The average Bonchev–Trinajstić information content (AvgIpc) is 2.20. The number of amidine groups is 1. The highest BCUT2D eigenvalue weighted by molar-refractivity contribution is 9.10. The van der Waals surface area contributed by atoms with Crippen LogP contribution in [-0.2, 0) is 0 Å². The second kappa shape index (κ2) is 4.97. The van der Waals surface area contributed by atoms with E-state index in [4.69, 9.17) is 10.6 Å². The van der Waals surface area contributed by atoms with Crippen LogP contribution in [-0.4, -0.2) is 20.0 Å². The summed E-state index contributed by atoms with van der Waals surface area (Å²) in [4.78, 5) is 3.99. The topological polar surface area (TPSA) is 59.6 Å². The third-order valence-corrected chi connectivity index (χ3v) is 2.41. The van der Waals surface area contributed by atoms with Crippen LogP contribution in [0.25, 0.3) is 0 Å². The van der Waals surface area contributed by atoms with E-state index in [9.17, 15) is 0 Å². The number of nitrogens with one attached hydrogen (secondary N) is 1. The van der Waals surface area contributed by atoms with Crippen molar-refractivity contribution in [2.24, 2.45) is 10.8 Å². The van der Waals surface area contributed by atoms with E-state index in [0.717, 1.165) is 15.8 Å². The molecule has 5 heteroatoms. The number of ether oxygens (including phenoxy) is 1. The number of hydrogen-bond donors (Lipinski definition) is 2. The second-order valence-electron chi connectivity index (χ2n) is 2.57. The minimum Gasteiger partial charge on any atom is -0.496 e. The molecule has 0 aliphatic carbocycles. The van der Waals surface area contributed by atoms with Gasteiger partial charge in [-0.3, -0.25) is 4.99 Å². The molecule has 0 unspecified atom stereocenters. The van der Waals surface area contributed by atoms with Crippen LogP contribution in [0.1, 0.15) is 5.56 Å². The molecule has 4 nitrogen and oxygen atoms in total. The van der Waals surface area contributed by atoms with E-state index in [-0.39, 0.29) is 0 Å². The lowest BCUT2D eigenvalue weighted by Gasteiger charge is -2.07. The van der Waals surface area contributed by atoms with Gasteiger partial charge in [0.2, 0.25) is 0 Å². The molecular weight excluding hydrogens is 246 g/mol. The molecule has 0 heterocycles. The largest absolute Gasteiger partial charge is 0.496 e. The van der Waals surface area contributed by atoms with Crippen LogP contribution in [0.15, 0.2) is 27.7 Å². The summed E-state index contributed by atoms with van der Waals surface area (Å²) in [6.07, 6.45) is 0. The molecule has 0 aliphatic heterocycles. The molecule has 0 saturated heterocycles. The standard InChI is InChI=1S/C9H12BrN3O/c1-12-9(13-11)6-3-4-8(14-2)7(10)5-6/h3-5H,11H2,1-2H3,(H,12,13). The lowest BCUT2D eigenvalue weighted by molar-refractivity contribution is 0.412. The van der Waals surface area contributed by atoms with Gasteiger partial charge >= 0.3 is 0 Å². The molecule has 76 valence electrons. The van der Waals surface area contributed by atoms with Crippen molar-refractivity contribution >= 4 is 21.8 Å². The normalized spacial score (nSPS) is 11.3. The SMILES string of the molecule is CN=C(NN)c1ccc(OC)c(Br)c1. The molecule has 0 fully saturated rings. The van der Waals surface area contributed by atoms with Gasteiger partial charge < -0.3 is 10.2 Å². The first-order valence-electron chi connectivity index (χ1n) is 4.00. The third-order valence-electron chi connectivity index (χ3n) is 1.79. The number of nitrogens with zero attached hydrogens (tertiary/aromatic N) is 1. The van der Waals surface area contributed by atoms with Crippen molar-refractivity contribution in [3.8, 4) is 5.75 Å². The number of methoxy groups -OCH3 is 1. The minimum absolute atomic E-state index is 0.633. The Kier molecular flexibility index (Phi) is 3.91. The number of benzene rings is 1. The number of nitrogens with two attached hydrogens (primary N) is 1. The Balaban J connectivity index is 3.08. The lowest BCUT2D eigenvalue weighted by atomic mass is 10.2. The van der Waals surface area contributed by atoms with Crippen LogP contribution in [0, 0.1) is 0 Å². The molecule has 0 atom stereocenters. The highest BCUT2D eigenvalue weighted by Crippen LogP contribution is 2.25. The van der Waals surface area contributed by atoms with Gasteiger partial charge in [0.25, 0.3) is 0 Å². The first kappa shape index (κ1) is 11.0. The fourth-order valence-corrected chi connectivity index (χ4v) is 1.63. The van der Waals surface area contributed by atoms with E-state index in [1.165, 1.54) is 0 Å². The summed E-state index contributed by atoms with van der Waals surface area (Å²) in [7, 11) is 3.29. The first-order chi connectivity index (χ1) is 6.72. The molecule has 1 aromatic carbocycles. The van der Waals surface area contributed by atoms with Crippen molar-refractivity contribution in [1.82, 2.24) is 5.43 Å². The number of hydrogen-bond acceptors (Lipinski definition) is 3. The van der Waals surface area contributed by atoms with E-state index in [1.807, 2.05) is 18.2 Å². The van der Waals surface area contributed by atoms with Gasteiger partial charge in [0.15, 0.2) is 0 Å². The Morgan fingerprint density at radius 2 is 2.29 bits per heavy atom. The van der Waals surface area contributed by atoms with Gasteiger partial charge in [-0.1, -0.05) is 0 Å². The smallest absolute Gasteiger partial charge is 0.142 e. The van der Waals surface area contributed by atoms with Crippen molar-refractivity contribution in [2.75, 3.05) is 14.2 Å². The third kappa shape index (κ3) is 2.24. The Labute approximate surface area is 91.3 Å². The predicted molar refractivity (Wildman–Crippen MR) is 60.5 cm³/mol. The van der Waals surface area contributed by atoms with Crippen LogP contribution in [0.2, 0.25) is 0 Å². The number of aliphatic imine (C=N–C) groups is 1. The van der Waals surface area contributed by atoms with Gasteiger partial charge in [-0.2, -0.15) is 0 Å². The summed E-state index contributed by atoms with van der Waals surface area (Å²) in [6.45, 7) is 0. The molecule has 0 saturated carbocycles. The van der Waals surface area contributed by atoms with Crippen LogP contribution in [0.4, 0.5) is 0 Å². The Hall–Kier alpha value is -1.07. The summed E-state index contributed by atoms with van der Waals surface area (Å²) in [5.74, 6) is 6.72. The summed E-state index contributed by atoms with van der Waals surface area (Å²) < 4.78 is 5.98. The van der Waals surface area contributed by atoms with Crippen LogP contribution >= 0.6 is 15.9 Å². The number of halogens is 1. The zero-order valence-electron chi connectivity index (χ0n) is 8.04. The van der Waals surface area contributed by atoms with Crippen molar-refractivity contribution in [2.45, 2.75) is 0 Å². The monoisotopic (exact) mass is 257 g/mol. The molecule has 0 spiro atoms. The molecule has 0 radical (unpaired) electrons. The maximum Gasteiger partial charge on any atom is 0.142 e. The van der Waals surface area contributed by atoms with Crippen molar-refractivity contribution in [1.29, 1.82) is 0 Å². The minimum atomic E-state index is 0.633. The summed E-state index contributed by atoms with van der Waals surface area (Å²) in [6, 6.07) is 5.62. The quantitative estimate of drug-likeness (QED) is 0.364. The Morgan fingerprint density at radius 1 is 1.57 bits per heavy atom. The molecule has 1 rings (SSSR count). The summed E-state index contributed by atoms with van der Waals surface area (Å²) in [5, 5.41) is 0. The van der Waals surface area contributed by atoms with Crippen LogP contribution in [0.3, 0.4) is 0 Å². The van der Waals surface area contributed by atoms with Crippen LogP contribution in [0.5, 0.6) is 5.75 Å².